The van der Waals surface area contributed by atoms with Crippen molar-refractivity contribution in [1.82, 2.24) is 5.32 Å². The maximum Gasteiger partial charge on any atom is 0.0712 e. The Labute approximate surface area is 88.1 Å². The average molecular weight is 199 g/mol. The normalized spacial score (nSPS) is 24.4. The second kappa shape index (κ2) is 3.82. The lowest BCUT2D eigenvalue weighted by atomic mass is 9.88. The maximum absolute atomic E-state index is 9.86. The van der Waals surface area contributed by atoms with E-state index in [0.29, 0.717) is 18.0 Å². The minimum Gasteiger partial charge on any atom is -0.391 e. The molecule has 0 aromatic carbocycles. The molecular weight excluding hydrogens is 174 g/mol. The van der Waals surface area contributed by atoms with Crippen LogP contribution in [-0.2, 0) is 0 Å². The molecule has 0 aromatic rings. The molecule has 2 nitrogen and oxygen atoms in total. The van der Waals surface area contributed by atoms with E-state index in [9.17, 15) is 5.11 Å². The predicted molar refractivity (Wildman–Crippen MR) is 60.3 cm³/mol. The van der Waals surface area contributed by atoms with Gasteiger partial charge in [-0.05, 0) is 30.6 Å². The van der Waals surface area contributed by atoms with Gasteiger partial charge in [0.25, 0.3) is 0 Å². The maximum atomic E-state index is 9.86. The zero-order valence-corrected chi connectivity index (χ0v) is 10.2. The summed E-state index contributed by atoms with van der Waals surface area (Å²) in [4.78, 5) is 0. The van der Waals surface area contributed by atoms with E-state index in [0.717, 1.165) is 0 Å². The van der Waals surface area contributed by atoms with Crippen LogP contribution in [0.3, 0.4) is 0 Å². The van der Waals surface area contributed by atoms with Gasteiger partial charge in [0.15, 0.2) is 0 Å². The fraction of sp³-hybridized carbons (Fsp3) is 1.00. The van der Waals surface area contributed by atoms with Gasteiger partial charge in [0.1, 0.15) is 0 Å². The Kier molecular flexibility index (Phi) is 3.27. The van der Waals surface area contributed by atoms with Crippen LogP contribution in [0.4, 0.5) is 0 Å². The molecule has 0 bridgehead atoms. The lowest BCUT2D eigenvalue weighted by Gasteiger charge is -2.29. The van der Waals surface area contributed by atoms with Gasteiger partial charge in [0.05, 0.1) is 6.10 Å². The number of aliphatic hydroxyl groups is 1. The first-order valence-corrected chi connectivity index (χ1v) is 5.67. The molecule has 0 heterocycles. The molecule has 14 heavy (non-hydrogen) atoms. The van der Waals surface area contributed by atoms with Gasteiger partial charge in [-0.1, -0.05) is 27.7 Å². The minimum atomic E-state index is -0.257. The zero-order valence-electron chi connectivity index (χ0n) is 10.2. The van der Waals surface area contributed by atoms with Crippen molar-refractivity contribution in [2.45, 2.75) is 59.6 Å². The van der Waals surface area contributed by atoms with Crippen molar-refractivity contribution >= 4 is 0 Å². The first-order chi connectivity index (χ1) is 6.26. The molecule has 0 saturated heterocycles. The van der Waals surface area contributed by atoms with Gasteiger partial charge in [-0.3, -0.25) is 0 Å². The van der Waals surface area contributed by atoms with Crippen LogP contribution < -0.4 is 5.32 Å². The summed E-state index contributed by atoms with van der Waals surface area (Å²) < 4.78 is 0. The first-order valence-electron chi connectivity index (χ1n) is 5.67. The molecule has 0 amide bonds. The van der Waals surface area contributed by atoms with Crippen molar-refractivity contribution in [3.8, 4) is 0 Å². The smallest absolute Gasteiger partial charge is 0.0712 e. The van der Waals surface area contributed by atoms with E-state index in [4.69, 9.17) is 0 Å². The van der Waals surface area contributed by atoms with Gasteiger partial charge >= 0.3 is 0 Å². The van der Waals surface area contributed by atoms with Gasteiger partial charge in [0.2, 0.25) is 0 Å². The van der Waals surface area contributed by atoms with Gasteiger partial charge in [-0.25, -0.2) is 0 Å². The molecule has 1 saturated carbocycles. The Balaban J connectivity index is 2.26. The summed E-state index contributed by atoms with van der Waals surface area (Å²) in [6, 6.07) is 0.527. The molecule has 1 aliphatic carbocycles. The Morgan fingerprint density at radius 1 is 1.36 bits per heavy atom. The molecule has 2 N–H and O–H groups in total. The van der Waals surface area contributed by atoms with E-state index in [1.54, 1.807) is 0 Å². The summed E-state index contributed by atoms with van der Waals surface area (Å²) >= 11 is 0. The summed E-state index contributed by atoms with van der Waals surface area (Å²) in [5.41, 5.74) is 0.481. The van der Waals surface area contributed by atoms with Crippen molar-refractivity contribution in [3.05, 3.63) is 0 Å². The van der Waals surface area contributed by atoms with Crippen molar-refractivity contribution in [3.63, 3.8) is 0 Å². The Morgan fingerprint density at radius 3 is 2.21 bits per heavy atom. The molecule has 0 aromatic heterocycles. The summed E-state index contributed by atoms with van der Waals surface area (Å²) in [5.74, 6) is 0. The lowest BCUT2D eigenvalue weighted by molar-refractivity contribution is 0.0587. The summed E-state index contributed by atoms with van der Waals surface area (Å²) in [5, 5.41) is 13.3. The van der Waals surface area contributed by atoms with E-state index in [-0.39, 0.29) is 11.5 Å². The van der Waals surface area contributed by atoms with E-state index in [1.165, 1.54) is 12.8 Å². The number of rotatable bonds is 4. The van der Waals surface area contributed by atoms with E-state index in [1.807, 2.05) is 0 Å². The van der Waals surface area contributed by atoms with E-state index < -0.39 is 0 Å². The van der Waals surface area contributed by atoms with E-state index in [2.05, 4.69) is 39.9 Å². The molecule has 0 radical (unpaired) electrons. The van der Waals surface area contributed by atoms with Gasteiger partial charge in [-0.2, -0.15) is 0 Å². The fourth-order valence-electron chi connectivity index (χ4n) is 1.47. The SMILES string of the molecule is CC(NCC(O)C(C)(C)C)C1(C)CC1. The van der Waals surface area contributed by atoms with Gasteiger partial charge in [-0.15, -0.1) is 0 Å². The zero-order chi connectivity index (χ0) is 11.0. The fourth-order valence-corrected chi connectivity index (χ4v) is 1.47. The van der Waals surface area contributed by atoms with Crippen molar-refractivity contribution in [2.75, 3.05) is 6.54 Å². The first kappa shape index (κ1) is 12.0. The quantitative estimate of drug-likeness (QED) is 0.727. The third kappa shape index (κ3) is 2.96. The molecule has 1 fully saturated rings. The lowest BCUT2D eigenvalue weighted by Crippen LogP contribution is -2.42. The van der Waals surface area contributed by atoms with Gasteiger partial charge in [0, 0.05) is 12.6 Å². The Bertz CT molecular complexity index is 180. The van der Waals surface area contributed by atoms with Crippen molar-refractivity contribution < 1.29 is 5.11 Å². The molecule has 84 valence electrons. The largest absolute Gasteiger partial charge is 0.391 e. The van der Waals surface area contributed by atoms with Crippen LogP contribution in [0.5, 0.6) is 0 Å². The molecule has 1 rings (SSSR count). The van der Waals surface area contributed by atoms with Gasteiger partial charge < -0.3 is 10.4 Å². The highest BCUT2D eigenvalue weighted by Crippen LogP contribution is 2.47. The van der Waals surface area contributed by atoms with Crippen LogP contribution in [0, 0.1) is 10.8 Å². The summed E-state index contributed by atoms with van der Waals surface area (Å²) in [6.45, 7) is 11.5. The third-order valence-corrected chi connectivity index (χ3v) is 3.70. The number of aliphatic hydroxyl groups excluding tert-OH is 1. The highest BCUT2D eigenvalue weighted by Gasteiger charge is 2.42. The highest BCUT2D eigenvalue weighted by atomic mass is 16.3. The Morgan fingerprint density at radius 2 is 1.86 bits per heavy atom. The molecular formula is C12H25NO. The topological polar surface area (TPSA) is 32.3 Å². The standard InChI is InChI=1S/C12H25NO/c1-9(12(5)6-7-12)13-8-10(14)11(2,3)4/h9-10,13-14H,6-8H2,1-5H3. The molecule has 0 spiro atoms. The van der Waals surface area contributed by atoms with E-state index >= 15 is 0 Å². The Hall–Kier alpha value is -0.0800. The second-order valence-electron chi connectivity index (χ2n) is 6.17. The second-order valence-corrected chi connectivity index (χ2v) is 6.17. The average Bonchev–Trinajstić information content (AvgIpc) is 2.78. The molecule has 2 unspecified atom stereocenters. The van der Waals surface area contributed by atoms with Crippen LogP contribution in [0.15, 0.2) is 0 Å². The number of hydrogen-bond donors (Lipinski definition) is 2. The molecule has 2 atom stereocenters. The van der Waals surface area contributed by atoms with Crippen LogP contribution in [0.2, 0.25) is 0 Å². The highest BCUT2D eigenvalue weighted by molar-refractivity contribution is 4.97. The van der Waals surface area contributed by atoms with Crippen LogP contribution in [-0.4, -0.2) is 23.8 Å². The summed E-state index contributed by atoms with van der Waals surface area (Å²) in [6.07, 6.45) is 2.40. The molecule has 2 heteroatoms. The monoisotopic (exact) mass is 199 g/mol. The number of nitrogens with one attached hydrogen (secondary N) is 1. The van der Waals surface area contributed by atoms with Crippen LogP contribution in [0.1, 0.15) is 47.5 Å². The number of hydrogen-bond acceptors (Lipinski definition) is 2. The minimum absolute atomic E-state index is 0.0167. The van der Waals surface area contributed by atoms with Crippen molar-refractivity contribution in [1.29, 1.82) is 0 Å². The van der Waals surface area contributed by atoms with Crippen molar-refractivity contribution in [2.24, 2.45) is 10.8 Å². The van der Waals surface area contributed by atoms with Crippen LogP contribution >= 0.6 is 0 Å². The molecule has 0 aliphatic heterocycles. The predicted octanol–water partition coefficient (Wildman–Crippen LogP) is 2.17. The summed E-state index contributed by atoms with van der Waals surface area (Å²) in [7, 11) is 0. The van der Waals surface area contributed by atoms with Crippen LogP contribution in [0.25, 0.3) is 0 Å². The molecule has 1 aliphatic rings. The third-order valence-electron chi connectivity index (χ3n) is 3.70.